The molecule has 0 amide bonds. The monoisotopic (exact) mass is 279 g/mol. The van der Waals surface area contributed by atoms with E-state index in [2.05, 4.69) is 15.9 Å². The number of hydrogen-bond donors (Lipinski definition) is 1. The van der Waals surface area contributed by atoms with Crippen molar-refractivity contribution in [3.8, 4) is 0 Å². The molecule has 2 N–H and O–H groups in total. The van der Waals surface area contributed by atoms with E-state index in [0.29, 0.717) is 21.5 Å². The van der Waals surface area contributed by atoms with Crippen molar-refractivity contribution in [1.29, 1.82) is 0 Å². The third-order valence-corrected chi connectivity index (χ3v) is 3.56. The predicted octanol–water partition coefficient (Wildman–Crippen LogP) is 3.83. The molecule has 1 unspecified atom stereocenters. The van der Waals surface area contributed by atoms with E-state index in [4.69, 9.17) is 17.3 Å². The van der Waals surface area contributed by atoms with E-state index in [9.17, 15) is 4.39 Å². The molecule has 1 aromatic carbocycles. The van der Waals surface area contributed by atoms with E-state index in [1.165, 1.54) is 6.07 Å². The lowest BCUT2D eigenvalue weighted by Gasteiger charge is -2.24. The smallest absolute Gasteiger partial charge is 0.129 e. The van der Waals surface area contributed by atoms with Crippen LogP contribution in [-0.2, 0) is 5.54 Å². The minimum atomic E-state index is -0.656. The van der Waals surface area contributed by atoms with Gasteiger partial charge in [-0.15, -0.1) is 0 Å². The van der Waals surface area contributed by atoms with Gasteiger partial charge in [0.1, 0.15) is 5.82 Å². The maximum atomic E-state index is 13.5. The van der Waals surface area contributed by atoms with Crippen LogP contribution in [0.15, 0.2) is 16.6 Å². The van der Waals surface area contributed by atoms with Crippen LogP contribution in [0.4, 0.5) is 4.39 Å². The quantitative estimate of drug-likeness (QED) is 0.819. The Hall–Kier alpha value is -0.120. The van der Waals surface area contributed by atoms with Gasteiger partial charge in [-0.1, -0.05) is 18.5 Å². The molecule has 0 bridgehead atoms. The Labute approximate surface area is 96.6 Å². The molecule has 1 rings (SSSR count). The summed E-state index contributed by atoms with van der Waals surface area (Å²) in [6.07, 6.45) is 0.665. The molecule has 0 aliphatic heterocycles. The molecule has 14 heavy (non-hydrogen) atoms. The standard InChI is InChI=1S/C10H12BrClFN/c1-3-10(2,14)6-4-7(11)8(12)5-9(6)13/h4-5H,3,14H2,1-2H3. The normalized spacial score (nSPS) is 15.3. The second-order valence-corrected chi connectivity index (χ2v) is 4.78. The fraction of sp³-hybridized carbons (Fsp3) is 0.400. The third-order valence-electron chi connectivity index (χ3n) is 2.36. The van der Waals surface area contributed by atoms with E-state index in [-0.39, 0.29) is 5.82 Å². The van der Waals surface area contributed by atoms with Gasteiger partial charge < -0.3 is 5.73 Å². The number of nitrogens with two attached hydrogens (primary N) is 1. The summed E-state index contributed by atoms with van der Waals surface area (Å²) in [6.45, 7) is 3.72. The summed E-state index contributed by atoms with van der Waals surface area (Å²) in [7, 11) is 0. The van der Waals surface area contributed by atoms with E-state index >= 15 is 0 Å². The van der Waals surface area contributed by atoms with Gasteiger partial charge in [-0.05, 0) is 41.4 Å². The highest BCUT2D eigenvalue weighted by Gasteiger charge is 2.23. The second kappa shape index (κ2) is 4.17. The SMILES string of the molecule is CCC(C)(N)c1cc(Br)c(Cl)cc1F. The van der Waals surface area contributed by atoms with Crippen LogP contribution < -0.4 is 5.73 Å². The van der Waals surface area contributed by atoms with Crippen molar-refractivity contribution in [3.63, 3.8) is 0 Å². The molecule has 0 saturated heterocycles. The highest BCUT2D eigenvalue weighted by molar-refractivity contribution is 9.10. The minimum Gasteiger partial charge on any atom is -0.322 e. The molecular weight excluding hydrogens is 268 g/mol. The van der Waals surface area contributed by atoms with Crippen molar-refractivity contribution in [3.05, 3.63) is 33.0 Å². The zero-order valence-corrected chi connectivity index (χ0v) is 10.4. The van der Waals surface area contributed by atoms with Crippen molar-refractivity contribution >= 4 is 27.5 Å². The fourth-order valence-electron chi connectivity index (χ4n) is 1.15. The molecule has 0 spiro atoms. The van der Waals surface area contributed by atoms with Crippen molar-refractivity contribution in [1.82, 2.24) is 0 Å². The van der Waals surface area contributed by atoms with Gasteiger partial charge in [0.2, 0.25) is 0 Å². The molecule has 0 aromatic heterocycles. The maximum absolute atomic E-state index is 13.5. The average Bonchev–Trinajstić information content (AvgIpc) is 2.11. The largest absolute Gasteiger partial charge is 0.322 e. The van der Waals surface area contributed by atoms with Crippen molar-refractivity contribution in [2.75, 3.05) is 0 Å². The Morgan fingerprint density at radius 1 is 1.57 bits per heavy atom. The summed E-state index contributed by atoms with van der Waals surface area (Å²) in [6, 6.07) is 2.92. The molecule has 1 aromatic rings. The summed E-state index contributed by atoms with van der Waals surface area (Å²) >= 11 is 9.00. The number of benzene rings is 1. The average molecular weight is 281 g/mol. The van der Waals surface area contributed by atoms with Gasteiger partial charge in [0.15, 0.2) is 0 Å². The summed E-state index contributed by atoms with van der Waals surface area (Å²) < 4.78 is 14.2. The van der Waals surface area contributed by atoms with Gasteiger partial charge >= 0.3 is 0 Å². The maximum Gasteiger partial charge on any atom is 0.129 e. The summed E-state index contributed by atoms with van der Waals surface area (Å²) in [5, 5.41) is 0.359. The van der Waals surface area contributed by atoms with Gasteiger partial charge in [0.05, 0.1) is 5.02 Å². The predicted molar refractivity (Wildman–Crippen MR) is 60.9 cm³/mol. The highest BCUT2D eigenvalue weighted by Crippen LogP contribution is 2.31. The lowest BCUT2D eigenvalue weighted by Crippen LogP contribution is -2.33. The van der Waals surface area contributed by atoms with Crippen LogP contribution in [0.25, 0.3) is 0 Å². The Morgan fingerprint density at radius 3 is 2.64 bits per heavy atom. The molecule has 4 heteroatoms. The first kappa shape index (κ1) is 12.0. The molecule has 0 saturated carbocycles. The molecule has 0 fully saturated rings. The van der Waals surface area contributed by atoms with E-state index in [1.54, 1.807) is 13.0 Å². The molecule has 78 valence electrons. The minimum absolute atomic E-state index is 0.356. The lowest BCUT2D eigenvalue weighted by atomic mass is 9.90. The molecule has 1 atom stereocenters. The van der Waals surface area contributed by atoms with Crippen LogP contribution in [0.3, 0.4) is 0 Å². The Bertz CT molecular complexity index is 352. The van der Waals surface area contributed by atoms with Crippen LogP contribution in [0.5, 0.6) is 0 Å². The first-order valence-corrected chi connectivity index (χ1v) is 5.49. The van der Waals surface area contributed by atoms with Crippen molar-refractivity contribution in [2.45, 2.75) is 25.8 Å². The van der Waals surface area contributed by atoms with E-state index in [0.717, 1.165) is 0 Å². The van der Waals surface area contributed by atoms with Crippen molar-refractivity contribution < 1.29 is 4.39 Å². The molecule has 1 nitrogen and oxygen atoms in total. The summed E-state index contributed by atoms with van der Waals surface area (Å²) in [5.74, 6) is -0.356. The number of halogens is 3. The van der Waals surface area contributed by atoms with Crippen molar-refractivity contribution in [2.24, 2.45) is 5.73 Å². The summed E-state index contributed by atoms with van der Waals surface area (Å²) in [4.78, 5) is 0. The highest BCUT2D eigenvalue weighted by atomic mass is 79.9. The molecular formula is C10H12BrClFN. The van der Waals surface area contributed by atoms with Gasteiger partial charge in [-0.2, -0.15) is 0 Å². The lowest BCUT2D eigenvalue weighted by molar-refractivity contribution is 0.445. The molecule has 0 aliphatic carbocycles. The van der Waals surface area contributed by atoms with Gasteiger partial charge in [0, 0.05) is 15.6 Å². The fourth-order valence-corrected chi connectivity index (χ4v) is 1.64. The number of rotatable bonds is 2. The third kappa shape index (κ3) is 2.27. The van der Waals surface area contributed by atoms with E-state index < -0.39 is 5.54 Å². The Balaban J connectivity index is 3.29. The van der Waals surface area contributed by atoms with Crippen LogP contribution in [0, 0.1) is 5.82 Å². The number of hydrogen-bond acceptors (Lipinski definition) is 1. The Kier molecular flexibility index (Phi) is 3.56. The zero-order valence-electron chi connectivity index (χ0n) is 8.07. The second-order valence-electron chi connectivity index (χ2n) is 3.52. The molecule has 0 aliphatic rings. The van der Waals surface area contributed by atoms with Gasteiger partial charge in [-0.3, -0.25) is 0 Å². The van der Waals surface area contributed by atoms with Gasteiger partial charge in [-0.25, -0.2) is 4.39 Å². The summed E-state index contributed by atoms with van der Waals surface area (Å²) in [5.41, 5.74) is 5.78. The zero-order chi connectivity index (χ0) is 10.9. The first-order chi connectivity index (χ1) is 6.38. The van der Waals surface area contributed by atoms with Crippen LogP contribution >= 0.6 is 27.5 Å². The Morgan fingerprint density at radius 2 is 2.14 bits per heavy atom. The van der Waals surface area contributed by atoms with Crippen LogP contribution in [-0.4, -0.2) is 0 Å². The topological polar surface area (TPSA) is 26.0 Å². The van der Waals surface area contributed by atoms with E-state index in [1.807, 2.05) is 6.92 Å². The van der Waals surface area contributed by atoms with Crippen LogP contribution in [0.2, 0.25) is 5.02 Å². The molecule has 0 radical (unpaired) electrons. The van der Waals surface area contributed by atoms with Crippen LogP contribution in [0.1, 0.15) is 25.8 Å². The first-order valence-electron chi connectivity index (χ1n) is 4.32. The molecule has 0 heterocycles. The van der Waals surface area contributed by atoms with Gasteiger partial charge in [0.25, 0.3) is 0 Å².